The highest BCUT2D eigenvalue weighted by atomic mass is 19.1. The number of hydrogen-bond donors (Lipinski definition) is 2. The minimum atomic E-state index is -0.701. The summed E-state index contributed by atoms with van der Waals surface area (Å²) in [4.78, 5) is 25.3. The van der Waals surface area contributed by atoms with E-state index in [1.807, 2.05) is 30.3 Å². The van der Waals surface area contributed by atoms with Gasteiger partial charge in [0.05, 0.1) is 0 Å². The number of nitrogens with zero attached hydrogens (tertiary/aromatic N) is 4. The van der Waals surface area contributed by atoms with Crippen LogP contribution < -0.4 is 16.0 Å². The Morgan fingerprint density at radius 1 is 1.00 bits per heavy atom. The standard InChI is InChI=1S/C26H29FN6O/c1-15-13-33(14-16(2)32(15)3)20-7-4-17(5-8-20)22-24(27)31-25(28)23(30-22)19-6-9-21-18(12-19)10-11-29-26(21)34/h4-9,12,15-16H,10-11,13-14H2,1-3H3,(H2,28,31)(H,29,34)/t15-,16+. The lowest BCUT2D eigenvalue weighted by atomic mass is 9.96. The van der Waals surface area contributed by atoms with Crippen LogP contribution in [0.1, 0.15) is 29.8 Å². The molecule has 3 aromatic rings. The predicted octanol–water partition coefficient (Wildman–Crippen LogP) is 3.35. The average molecular weight is 461 g/mol. The molecule has 176 valence electrons. The first-order valence-corrected chi connectivity index (χ1v) is 11.6. The van der Waals surface area contributed by atoms with Crippen molar-refractivity contribution in [2.45, 2.75) is 32.4 Å². The number of likely N-dealkylation sites (N-methyl/N-ethyl adjacent to an activating group) is 1. The molecule has 0 unspecified atom stereocenters. The molecule has 0 radical (unpaired) electrons. The Bertz CT molecular complexity index is 1230. The van der Waals surface area contributed by atoms with E-state index >= 15 is 0 Å². The summed E-state index contributed by atoms with van der Waals surface area (Å²) < 4.78 is 14.8. The van der Waals surface area contributed by atoms with Gasteiger partial charge in [0, 0.05) is 54.1 Å². The minimum absolute atomic E-state index is 0.0264. The summed E-state index contributed by atoms with van der Waals surface area (Å²) in [5, 5.41) is 2.83. The molecule has 1 aromatic heterocycles. The Morgan fingerprint density at radius 3 is 2.38 bits per heavy atom. The molecule has 2 aromatic carbocycles. The fraction of sp³-hybridized carbons (Fsp3) is 0.346. The lowest BCUT2D eigenvalue weighted by Crippen LogP contribution is -2.55. The lowest BCUT2D eigenvalue weighted by Gasteiger charge is -2.43. The van der Waals surface area contributed by atoms with Gasteiger partial charge in [-0.2, -0.15) is 9.37 Å². The van der Waals surface area contributed by atoms with Gasteiger partial charge in [0.2, 0.25) is 5.95 Å². The van der Waals surface area contributed by atoms with Gasteiger partial charge in [-0.3, -0.25) is 9.69 Å². The molecular formula is C26H29FN6O. The van der Waals surface area contributed by atoms with E-state index in [-0.39, 0.29) is 17.4 Å². The number of carbonyl (C=O) groups excluding carboxylic acids is 1. The van der Waals surface area contributed by atoms with Crippen LogP contribution in [0.25, 0.3) is 22.5 Å². The maximum Gasteiger partial charge on any atom is 0.251 e. The number of nitrogens with two attached hydrogens (primary N) is 1. The Morgan fingerprint density at radius 2 is 1.68 bits per heavy atom. The molecule has 7 nitrogen and oxygen atoms in total. The third-order valence-corrected chi connectivity index (χ3v) is 7.05. The van der Waals surface area contributed by atoms with Crippen molar-refractivity contribution in [3.8, 4) is 22.5 Å². The van der Waals surface area contributed by atoms with Gasteiger partial charge in [0.15, 0.2) is 5.82 Å². The zero-order chi connectivity index (χ0) is 24.0. The summed E-state index contributed by atoms with van der Waals surface area (Å²) in [5.74, 6) is -0.762. The molecule has 1 amide bonds. The van der Waals surface area contributed by atoms with Gasteiger partial charge < -0.3 is 16.0 Å². The van der Waals surface area contributed by atoms with Gasteiger partial charge in [-0.15, -0.1) is 0 Å². The highest BCUT2D eigenvalue weighted by molar-refractivity contribution is 5.97. The van der Waals surface area contributed by atoms with Crippen molar-refractivity contribution in [1.29, 1.82) is 0 Å². The maximum atomic E-state index is 14.8. The minimum Gasteiger partial charge on any atom is -0.382 e. The van der Waals surface area contributed by atoms with Crippen LogP contribution in [0.3, 0.4) is 0 Å². The second-order valence-electron chi connectivity index (χ2n) is 9.29. The van der Waals surface area contributed by atoms with Crippen LogP contribution in [-0.4, -0.2) is 59.5 Å². The summed E-state index contributed by atoms with van der Waals surface area (Å²) in [6, 6.07) is 14.1. The first-order valence-electron chi connectivity index (χ1n) is 11.6. The summed E-state index contributed by atoms with van der Waals surface area (Å²) >= 11 is 0. The number of anilines is 2. The van der Waals surface area contributed by atoms with Gasteiger partial charge in [-0.25, -0.2) is 4.98 Å². The van der Waals surface area contributed by atoms with Crippen molar-refractivity contribution in [2.24, 2.45) is 0 Å². The summed E-state index contributed by atoms with van der Waals surface area (Å²) in [5.41, 5.74) is 10.7. The fourth-order valence-electron chi connectivity index (χ4n) is 4.84. The molecule has 1 fully saturated rings. The second-order valence-corrected chi connectivity index (χ2v) is 9.29. The molecule has 3 heterocycles. The normalized spacial score (nSPS) is 20.7. The number of piperazine rings is 1. The third-order valence-electron chi connectivity index (χ3n) is 7.05. The van der Waals surface area contributed by atoms with Crippen molar-refractivity contribution in [3.05, 3.63) is 59.5 Å². The molecule has 2 aliphatic rings. The first-order chi connectivity index (χ1) is 16.3. The van der Waals surface area contributed by atoms with Crippen molar-refractivity contribution < 1.29 is 9.18 Å². The molecule has 2 atom stereocenters. The molecule has 3 N–H and O–H groups in total. The molecule has 34 heavy (non-hydrogen) atoms. The molecule has 8 heteroatoms. The van der Waals surface area contributed by atoms with Crippen LogP contribution in [0.4, 0.5) is 15.9 Å². The van der Waals surface area contributed by atoms with E-state index in [1.165, 1.54) is 0 Å². The summed E-state index contributed by atoms with van der Waals surface area (Å²) in [7, 11) is 2.16. The second kappa shape index (κ2) is 8.68. The molecule has 1 saturated heterocycles. The number of hydrogen-bond acceptors (Lipinski definition) is 6. The Kier molecular flexibility index (Phi) is 5.69. The SMILES string of the molecule is C[C@@H]1CN(c2ccc(-c3nc(-c4ccc5c(c4)CCNC5=O)c(N)nc3F)cc2)C[C@H](C)N1C. The highest BCUT2D eigenvalue weighted by Gasteiger charge is 2.27. The van der Waals surface area contributed by atoms with Crippen molar-refractivity contribution in [3.63, 3.8) is 0 Å². The van der Waals surface area contributed by atoms with Crippen LogP contribution in [0, 0.1) is 5.95 Å². The van der Waals surface area contributed by atoms with Gasteiger partial charge in [0.1, 0.15) is 11.4 Å². The number of carbonyl (C=O) groups is 1. The number of halogens is 1. The van der Waals surface area contributed by atoms with Crippen LogP contribution in [0.15, 0.2) is 42.5 Å². The topological polar surface area (TPSA) is 87.4 Å². The summed E-state index contributed by atoms with van der Waals surface area (Å²) in [6.07, 6.45) is 0.723. The molecular weight excluding hydrogens is 431 g/mol. The first kappa shape index (κ1) is 22.3. The fourth-order valence-corrected chi connectivity index (χ4v) is 4.84. The maximum absolute atomic E-state index is 14.8. The number of benzene rings is 2. The van der Waals surface area contributed by atoms with E-state index in [9.17, 15) is 9.18 Å². The summed E-state index contributed by atoms with van der Waals surface area (Å²) in [6.45, 7) is 6.92. The molecule has 0 spiro atoms. The average Bonchev–Trinajstić information content (AvgIpc) is 2.82. The van der Waals surface area contributed by atoms with E-state index in [1.54, 1.807) is 12.1 Å². The van der Waals surface area contributed by atoms with Gasteiger partial charge in [0.25, 0.3) is 5.91 Å². The van der Waals surface area contributed by atoms with E-state index in [2.05, 4.69) is 46.0 Å². The van der Waals surface area contributed by atoms with E-state index < -0.39 is 5.95 Å². The highest BCUT2D eigenvalue weighted by Crippen LogP contribution is 2.31. The Hall–Kier alpha value is -3.52. The Balaban J connectivity index is 1.46. The number of amides is 1. The van der Waals surface area contributed by atoms with Crippen LogP contribution >= 0.6 is 0 Å². The molecule has 0 bridgehead atoms. The van der Waals surface area contributed by atoms with Gasteiger partial charge in [-0.1, -0.05) is 18.2 Å². The van der Waals surface area contributed by atoms with Gasteiger partial charge in [-0.05, 0) is 57.1 Å². The number of fused-ring (bicyclic) bond motifs is 1. The zero-order valence-electron chi connectivity index (χ0n) is 19.7. The van der Waals surface area contributed by atoms with E-state index in [0.29, 0.717) is 35.4 Å². The third kappa shape index (κ3) is 3.98. The van der Waals surface area contributed by atoms with Crippen molar-refractivity contribution in [1.82, 2.24) is 20.2 Å². The monoisotopic (exact) mass is 460 g/mol. The smallest absolute Gasteiger partial charge is 0.251 e. The number of nitrogen functional groups attached to an aromatic ring is 1. The zero-order valence-corrected chi connectivity index (χ0v) is 19.7. The van der Waals surface area contributed by atoms with Crippen LogP contribution in [0.5, 0.6) is 0 Å². The molecule has 0 aliphatic carbocycles. The van der Waals surface area contributed by atoms with Crippen LogP contribution in [-0.2, 0) is 6.42 Å². The molecule has 2 aliphatic heterocycles. The molecule has 5 rings (SSSR count). The quantitative estimate of drug-likeness (QED) is 0.623. The number of rotatable bonds is 3. The number of aromatic nitrogens is 2. The number of nitrogens with one attached hydrogen (secondary N) is 1. The van der Waals surface area contributed by atoms with E-state index in [0.717, 1.165) is 36.3 Å². The van der Waals surface area contributed by atoms with Crippen LogP contribution in [0.2, 0.25) is 0 Å². The predicted molar refractivity (Wildman–Crippen MR) is 132 cm³/mol. The largest absolute Gasteiger partial charge is 0.382 e. The van der Waals surface area contributed by atoms with Crippen molar-refractivity contribution in [2.75, 3.05) is 37.3 Å². The Labute approximate surface area is 198 Å². The van der Waals surface area contributed by atoms with Gasteiger partial charge >= 0.3 is 0 Å². The molecule has 0 saturated carbocycles. The van der Waals surface area contributed by atoms with Crippen molar-refractivity contribution >= 4 is 17.4 Å². The lowest BCUT2D eigenvalue weighted by molar-refractivity contribution is 0.0946. The van der Waals surface area contributed by atoms with E-state index in [4.69, 9.17) is 5.73 Å².